The van der Waals surface area contributed by atoms with Crippen LogP contribution in [0, 0.1) is 17.8 Å². The van der Waals surface area contributed by atoms with Gasteiger partial charge in [0.2, 0.25) is 0 Å². The van der Waals surface area contributed by atoms with Crippen molar-refractivity contribution >= 4 is 12.4 Å². The van der Waals surface area contributed by atoms with E-state index >= 15 is 0 Å². The minimum Gasteiger partial charge on any atom is -0.493 e. The second-order valence-electron chi connectivity index (χ2n) is 11.8. The molecule has 4 bridgehead atoms. The van der Waals surface area contributed by atoms with E-state index in [0.29, 0.717) is 6.42 Å². The highest BCUT2D eigenvalue weighted by molar-refractivity contribution is 5.85. The van der Waals surface area contributed by atoms with Crippen LogP contribution in [-0.2, 0) is 11.8 Å². The second-order valence-corrected chi connectivity index (χ2v) is 11.8. The predicted molar refractivity (Wildman–Crippen MR) is 142 cm³/mol. The molecule has 0 aliphatic heterocycles. The van der Waals surface area contributed by atoms with Crippen molar-refractivity contribution in [2.24, 2.45) is 23.5 Å². The van der Waals surface area contributed by atoms with Crippen molar-refractivity contribution in [2.45, 2.75) is 108 Å². The van der Waals surface area contributed by atoms with Gasteiger partial charge in [-0.15, -0.1) is 12.4 Å². The van der Waals surface area contributed by atoms with Crippen LogP contribution < -0.4 is 10.5 Å². The predicted octanol–water partition coefficient (Wildman–Crippen LogP) is 5.93. The molecule has 4 aliphatic carbocycles. The molecule has 4 nitrogen and oxygen atoms in total. The summed E-state index contributed by atoms with van der Waals surface area (Å²) in [5.41, 5.74) is 8.24. The van der Waals surface area contributed by atoms with Crippen molar-refractivity contribution in [3.8, 4) is 5.75 Å². The summed E-state index contributed by atoms with van der Waals surface area (Å²) in [6.45, 7) is 2.70. The number of aryl methyl sites for hydroxylation is 1. The van der Waals surface area contributed by atoms with Gasteiger partial charge < -0.3 is 20.7 Å². The van der Waals surface area contributed by atoms with Gasteiger partial charge in [0.15, 0.2) is 0 Å². The number of halogens is 1. The Hall–Kier alpha value is -0.810. The number of nitrogens with two attached hydrogens (primary N) is 1. The molecular weight excluding hydrogens is 446 g/mol. The highest BCUT2D eigenvalue weighted by Gasteiger charge is 2.52. The van der Waals surface area contributed by atoms with Crippen LogP contribution in [0.25, 0.3) is 0 Å². The van der Waals surface area contributed by atoms with Crippen molar-refractivity contribution in [2.75, 3.05) is 19.8 Å². The summed E-state index contributed by atoms with van der Waals surface area (Å²) in [6.07, 6.45) is 17.3. The van der Waals surface area contributed by atoms with Crippen LogP contribution in [0.2, 0.25) is 0 Å². The summed E-state index contributed by atoms with van der Waals surface area (Å²) in [5, 5.41) is 19.2. The minimum absolute atomic E-state index is 0. The highest BCUT2D eigenvalue weighted by Crippen LogP contribution is 2.62. The van der Waals surface area contributed by atoms with Gasteiger partial charge in [-0.05, 0) is 92.6 Å². The number of aliphatic hydroxyl groups excluding tert-OH is 2. The smallest absolute Gasteiger partial charge is 0.123 e. The second kappa shape index (κ2) is 12.4. The summed E-state index contributed by atoms with van der Waals surface area (Å²) >= 11 is 0. The van der Waals surface area contributed by atoms with Crippen LogP contribution in [0.1, 0.15) is 102 Å². The van der Waals surface area contributed by atoms with Gasteiger partial charge in [-0.2, -0.15) is 0 Å². The van der Waals surface area contributed by atoms with Crippen molar-refractivity contribution in [1.82, 2.24) is 0 Å². The van der Waals surface area contributed by atoms with Gasteiger partial charge in [-0.1, -0.05) is 51.2 Å². The average Bonchev–Trinajstić information content (AvgIpc) is 2.81. The zero-order valence-electron chi connectivity index (χ0n) is 21.3. The lowest BCUT2D eigenvalue weighted by molar-refractivity contribution is -0.00644. The lowest BCUT2D eigenvalue weighted by atomic mass is 9.48. The van der Waals surface area contributed by atoms with Crippen LogP contribution in [0.3, 0.4) is 0 Å². The lowest BCUT2D eigenvalue weighted by Crippen LogP contribution is -2.48. The van der Waals surface area contributed by atoms with E-state index in [-0.39, 0.29) is 31.0 Å². The van der Waals surface area contributed by atoms with E-state index < -0.39 is 5.54 Å². The minimum atomic E-state index is -0.909. The first kappa shape index (κ1) is 27.8. The molecule has 0 amide bonds. The molecule has 1 aromatic carbocycles. The van der Waals surface area contributed by atoms with E-state index in [1.54, 1.807) is 0 Å². The molecule has 4 saturated carbocycles. The first-order valence-electron chi connectivity index (χ1n) is 13.8. The maximum absolute atomic E-state index is 9.60. The zero-order valence-corrected chi connectivity index (χ0v) is 22.1. The summed E-state index contributed by atoms with van der Waals surface area (Å²) in [5.74, 6) is 3.79. The molecule has 4 aliphatic rings. The van der Waals surface area contributed by atoms with Crippen molar-refractivity contribution < 1.29 is 14.9 Å². The Bertz CT molecular complexity index is 728. The third-order valence-corrected chi connectivity index (χ3v) is 8.95. The molecule has 4 N–H and O–H groups in total. The molecule has 0 heterocycles. The van der Waals surface area contributed by atoms with Gasteiger partial charge in [-0.3, -0.25) is 0 Å². The number of aliphatic hydroxyl groups is 2. The van der Waals surface area contributed by atoms with Crippen LogP contribution in [0.5, 0.6) is 5.75 Å². The maximum Gasteiger partial charge on any atom is 0.123 e. The quantitative estimate of drug-likeness (QED) is 0.281. The van der Waals surface area contributed by atoms with E-state index in [4.69, 9.17) is 10.5 Å². The average molecular weight is 494 g/mol. The number of unbranched alkanes of at least 4 members (excludes halogenated alkanes) is 5. The molecule has 194 valence electrons. The summed E-state index contributed by atoms with van der Waals surface area (Å²) in [4.78, 5) is 0. The summed E-state index contributed by atoms with van der Waals surface area (Å²) < 4.78 is 6.47. The molecule has 0 radical (unpaired) electrons. The molecule has 34 heavy (non-hydrogen) atoms. The van der Waals surface area contributed by atoms with E-state index in [9.17, 15) is 10.2 Å². The van der Waals surface area contributed by atoms with Crippen LogP contribution in [-0.4, -0.2) is 35.6 Å². The Balaban J connectivity index is 0.00000324. The van der Waals surface area contributed by atoms with E-state index in [1.807, 2.05) is 0 Å². The number of ether oxygens (including phenoxy) is 1. The Kier molecular flexibility index (Phi) is 10.2. The van der Waals surface area contributed by atoms with E-state index in [1.165, 1.54) is 81.8 Å². The fraction of sp³-hybridized carbons (Fsp3) is 0.793. The lowest BCUT2D eigenvalue weighted by Gasteiger charge is -2.57. The largest absolute Gasteiger partial charge is 0.493 e. The standard InChI is InChI=1S/C29H47NO3.ClH/c1-2-3-4-5-6-7-12-33-27-9-8-22(10-11-29(30,20-31)21-32)16-26(27)28-17-23-13-24(18-28)15-25(14-23)19-28;/h8-9,16,23-25,31-32H,2-7,10-15,17-21,30H2,1H3;1H. The van der Waals surface area contributed by atoms with Crippen LogP contribution in [0.4, 0.5) is 0 Å². The molecule has 1 aromatic rings. The first-order chi connectivity index (χ1) is 16.0. The fourth-order valence-corrected chi connectivity index (χ4v) is 7.38. The van der Waals surface area contributed by atoms with Crippen molar-refractivity contribution in [1.29, 1.82) is 0 Å². The number of hydrogen-bond donors (Lipinski definition) is 3. The Morgan fingerprint density at radius 3 is 2.12 bits per heavy atom. The van der Waals surface area contributed by atoms with Crippen molar-refractivity contribution in [3.63, 3.8) is 0 Å². The van der Waals surface area contributed by atoms with Crippen molar-refractivity contribution in [3.05, 3.63) is 29.3 Å². The topological polar surface area (TPSA) is 75.7 Å². The number of benzene rings is 1. The normalized spacial score (nSPS) is 27.6. The fourth-order valence-electron chi connectivity index (χ4n) is 7.38. The molecule has 0 atom stereocenters. The maximum atomic E-state index is 9.60. The molecule has 0 spiro atoms. The number of rotatable bonds is 14. The van der Waals surface area contributed by atoms with E-state index in [0.717, 1.165) is 43.0 Å². The molecule has 5 heteroatoms. The molecule has 5 rings (SSSR count). The summed E-state index contributed by atoms with van der Waals surface area (Å²) in [7, 11) is 0. The number of hydrogen-bond acceptors (Lipinski definition) is 4. The van der Waals surface area contributed by atoms with Gasteiger partial charge in [0.1, 0.15) is 5.75 Å². The zero-order chi connectivity index (χ0) is 23.3. The van der Waals surface area contributed by atoms with Gasteiger partial charge >= 0.3 is 0 Å². The van der Waals surface area contributed by atoms with Gasteiger partial charge in [0.25, 0.3) is 0 Å². The first-order valence-corrected chi connectivity index (χ1v) is 13.8. The Morgan fingerprint density at radius 1 is 0.941 bits per heavy atom. The third kappa shape index (κ3) is 6.49. The Morgan fingerprint density at radius 2 is 1.53 bits per heavy atom. The Labute approximate surface area is 213 Å². The monoisotopic (exact) mass is 493 g/mol. The molecular formula is C29H48ClNO3. The SMILES string of the molecule is CCCCCCCCOc1ccc(CCC(N)(CO)CO)cc1C12CC3CC(CC(C3)C1)C2.Cl. The molecule has 4 fully saturated rings. The van der Waals surface area contributed by atoms with Crippen LogP contribution in [0.15, 0.2) is 18.2 Å². The van der Waals surface area contributed by atoms with Gasteiger partial charge in [0.05, 0.1) is 25.4 Å². The van der Waals surface area contributed by atoms with Gasteiger partial charge in [-0.25, -0.2) is 0 Å². The third-order valence-electron chi connectivity index (χ3n) is 8.95. The van der Waals surface area contributed by atoms with Crippen LogP contribution >= 0.6 is 12.4 Å². The van der Waals surface area contributed by atoms with E-state index in [2.05, 4.69) is 25.1 Å². The molecule has 0 unspecified atom stereocenters. The van der Waals surface area contributed by atoms with Gasteiger partial charge in [0, 0.05) is 5.56 Å². The molecule has 0 aromatic heterocycles. The molecule has 0 saturated heterocycles. The summed E-state index contributed by atoms with van der Waals surface area (Å²) in [6, 6.07) is 6.78. The highest BCUT2D eigenvalue weighted by atomic mass is 35.5.